The third kappa shape index (κ3) is 8.60. The van der Waals surface area contributed by atoms with Crippen molar-refractivity contribution in [1.29, 1.82) is 0 Å². The highest BCUT2D eigenvalue weighted by molar-refractivity contribution is 8.03. The first-order chi connectivity index (χ1) is 10.4. The Balaban J connectivity index is 2.25. The maximum Gasteiger partial charge on any atom is 0.239 e. The molecule has 6 nitrogen and oxygen atoms in total. The molecule has 2 N–H and O–H groups in total. The minimum absolute atomic E-state index is 0.00316. The summed E-state index contributed by atoms with van der Waals surface area (Å²) in [5.74, 6) is 1.48. The molecule has 22 heavy (non-hydrogen) atoms. The highest BCUT2D eigenvalue weighted by Gasteiger charge is 2.10. The molecule has 0 aliphatic heterocycles. The molecule has 1 rings (SSSR count). The molecule has 1 heterocycles. The molecule has 0 radical (unpaired) electrons. The molecule has 0 saturated heterocycles. The summed E-state index contributed by atoms with van der Waals surface area (Å²) in [7, 11) is 0. The van der Waals surface area contributed by atoms with Crippen LogP contribution in [0.5, 0.6) is 0 Å². The normalized spacial score (nSPS) is 11.0. The summed E-state index contributed by atoms with van der Waals surface area (Å²) in [6, 6.07) is 0.0712. The van der Waals surface area contributed by atoms with Gasteiger partial charge in [0.15, 0.2) is 8.68 Å². The van der Waals surface area contributed by atoms with Crippen molar-refractivity contribution in [2.75, 3.05) is 18.1 Å². The number of carbonyl (C=O) groups is 2. The zero-order chi connectivity index (χ0) is 16.5. The second kappa shape index (κ2) is 10.1. The smallest absolute Gasteiger partial charge is 0.239 e. The Labute approximate surface area is 143 Å². The topological polar surface area (TPSA) is 84.0 Å². The monoisotopic (exact) mass is 362 g/mol. The SMILES string of the molecule is CC(C)CSc1nnc(SCC(=O)NCC(=O)NC(C)C)s1. The van der Waals surface area contributed by atoms with Gasteiger partial charge in [-0.25, -0.2) is 0 Å². The number of nitrogens with one attached hydrogen (secondary N) is 2. The maximum atomic E-state index is 11.7. The highest BCUT2D eigenvalue weighted by Crippen LogP contribution is 2.29. The third-order valence-corrected chi connectivity index (χ3v) is 5.77. The van der Waals surface area contributed by atoms with Crippen LogP contribution >= 0.6 is 34.9 Å². The van der Waals surface area contributed by atoms with Crippen LogP contribution < -0.4 is 10.6 Å². The Morgan fingerprint density at radius 1 is 1.09 bits per heavy atom. The number of rotatable bonds is 9. The van der Waals surface area contributed by atoms with Crippen LogP contribution in [0.2, 0.25) is 0 Å². The predicted octanol–water partition coefficient (Wildman–Crippen LogP) is 2.02. The molecule has 1 aromatic heterocycles. The summed E-state index contributed by atoms with van der Waals surface area (Å²) in [5.41, 5.74) is 0. The molecule has 0 saturated carbocycles. The van der Waals surface area contributed by atoms with Crippen LogP contribution in [0.1, 0.15) is 27.7 Å². The average Bonchev–Trinajstić information content (AvgIpc) is 2.88. The number of aromatic nitrogens is 2. The van der Waals surface area contributed by atoms with Gasteiger partial charge in [-0.15, -0.1) is 10.2 Å². The van der Waals surface area contributed by atoms with E-state index in [4.69, 9.17) is 0 Å². The van der Waals surface area contributed by atoms with Crippen LogP contribution in [0.4, 0.5) is 0 Å². The Hall–Kier alpha value is -0.800. The Morgan fingerprint density at radius 3 is 2.32 bits per heavy atom. The van der Waals surface area contributed by atoms with Crippen molar-refractivity contribution in [3.63, 3.8) is 0 Å². The minimum atomic E-state index is -0.185. The number of carbonyl (C=O) groups excluding carboxylic acids is 2. The highest BCUT2D eigenvalue weighted by atomic mass is 32.2. The predicted molar refractivity (Wildman–Crippen MR) is 92.5 cm³/mol. The Bertz CT molecular complexity index is 491. The quantitative estimate of drug-likeness (QED) is 0.654. The van der Waals surface area contributed by atoms with Gasteiger partial charge in [0.1, 0.15) is 0 Å². The zero-order valence-corrected chi connectivity index (χ0v) is 15.7. The molecule has 0 unspecified atom stereocenters. The Morgan fingerprint density at radius 2 is 1.73 bits per heavy atom. The molecule has 0 atom stereocenters. The number of nitrogens with zero attached hydrogens (tertiary/aromatic N) is 2. The van der Waals surface area contributed by atoms with Crippen molar-refractivity contribution in [2.45, 2.75) is 42.4 Å². The second-order valence-corrected chi connectivity index (χ2v) is 8.79. The van der Waals surface area contributed by atoms with Gasteiger partial charge >= 0.3 is 0 Å². The van der Waals surface area contributed by atoms with E-state index in [9.17, 15) is 9.59 Å². The second-order valence-electron chi connectivity index (χ2n) is 5.33. The van der Waals surface area contributed by atoms with E-state index in [1.165, 1.54) is 23.1 Å². The molecule has 0 aliphatic rings. The molecule has 124 valence electrons. The summed E-state index contributed by atoms with van der Waals surface area (Å²) in [5, 5.41) is 13.4. The largest absolute Gasteiger partial charge is 0.352 e. The lowest BCUT2D eigenvalue weighted by atomic mass is 10.3. The lowest BCUT2D eigenvalue weighted by molar-refractivity contribution is -0.125. The molecular formula is C13H22N4O2S3. The summed E-state index contributed by atoms with van der Waals surface area (Å²) < 4.78 is 1.70. The standard InChI is InChI=1S/C13H22N4O2S3/c1-8(2)6-20-12-16-17-13(22-12)21-7-11(19)14-5-10(18)15-9(3)4/h8-9H,5-7H2,1-4H3,(H,14,19)(H,15,18). The maximum absolute atomic E-state index is 11.7. The van der Waals surface area contributed by atoms with Crippen LogP contribution in [0.25, 0.3) is 0 Å². The molecular weight excluding hydrogens is 340 g/mol. The van der Waals surface area contributed by atoms with Gasteiger partial charge in [0.25, 0.3) is 0 Å². The molecule has 9 heteroatoms. The van der Waals surface area contributed by atoms with Crippen molar-refractivity contribution in [2.24, 2.45) is 5.92 Å². The summed E-state index contributed by atoms with van der Waals surface area (Å²) in [6.07, 6.45) is 0. The first-order valence-electron chi connectivity index (χ1n) is 7.02. The molecule has 0 bridgehead atoms. The lowest BCUT2D eigenvalue weighted by Crippen LogP contribution is -2.40. The van der Waals surface area contributed by atoms with E-state index in [2.05, 4.69) is 34.7 Å². The fraction of sp³-hybridized carbons (Fsp3) is 0.692. The number of hydrogen-bond acceptors (Lipinski definition) is 7. The number of thioether (sulfide) groups is 2. The van der Waals surface area contributed by atoms with Crippen LogP contribution in [0, 0.1) is 5.92 Å². The first kappa shape index (κ1) is 19.2. The molecule has 1 aromatic rings. The fourth-order valence-electron chi connectivity index (χ4n) is 1.28. The van der Waals surface area contributed by atoms with Crippen LogP contribution in [-0.2, 0) is 9.59 Å². The van der Waals surface area contributed by atoms with Gasteiger partial charge in [-0.3, -0.25) is 9.59 Å². The summed E-state index contributed by atoms with van der Waals surface area (Å²) in [4.78, 5) is 23.1. The van der Waals surface area contributed by atoms with E-state index in [1.54, 1.807) is 11.8 Å². The summed E-state index contributed by atoms with van der Waals surface area (Å²) in [6.45, 7) is 8.07. The van der Waals surface area contributed by atoms with Gasteiger partial charge < -0.3 is 10.6 Å². The van der Waals surface area contributed by atoms with Gasteiger partial charge in [-0.1, -0.05) is 48.7 Å². The van der Waals surface area contributed by atoms with E-state index in [0.717, 1.165) is 14.4 Å². The van der Waals surface area contributed by atoms with Gasteiger partial charge in [-0.05, 0) is 19.8 Å². The molecule has 2 amide bonds. The van der Waals surface area contributed by atoms with Crippen LogP contribution in [0.3, 0.4) is 0 Å². The molecule has 0 aliphatic carbocycles. The van der Waals surface area contributed by atoms with E-state index in [0.29, 0.717) is 5.92 Å². The molecule has 0 spiro atoms. The van der Waals surface area contributed by atoms with E-state index >= 15 is 0 Å². The van der Waals surface area contributed by atoms with Crippen LogP contribution in [0.15, 0.2) is 8.68 Å². The molecule has 0 aromatic carbocycles. The van der Waals surface area contributed by atoms with Gasteiger partial charge in [0.2, 0.25) is 11.8 Å². The molecule has 0 fully saturated rings. The lowest BCUT2D eigenvalue weighted by Gasteiger charge is -2.08. The average molecular weight is 363 g/mol. The zero-order valence-electron chi connectivity index (χ0n) is 13.2. The van der Waals surface area contributed by atoms with Crippen LogP contribution in [-0.4, -0.2) is 46.1 Å². The van der Waals surface area contributed by atoms with Crippen molar-refractivity contribution in [3.05, 3.63) is 0 Å². The first-order valence-corrected chi connectivity index (χ1v) is 9.80. The summed E-state index contributed by atoms with van der Waals surface area (Å²) >= 11 is 4.51. The van der Waals surface area contributed by atoms with Crippen molar-refractivity contribution < 1.29 is 9.59 Å². The van der Waals surface area contributed by atoms with E-state index in [1.807, 2.05) is 13.8 Å². The fourth-order valence-corrected chi connectivity index (χ4v) is 4.11. The van der Waals surface area contributed by atoms with Gasteiger partial charge in [0, 0.05) is 11.8 Å². The third-order valence-electron chi connectivity index (χ3n) is 2.15. The van der Waals surface area contributed by atoms with Gasteiger partial charge in [0.05, 0.1) is 12.3 Å². The van der Waals surface area contributed by atoms with Gasteiger partial charge in [-0.2, -0.15) is 0 Å². The van der Waals surface area contributed by atoms with E-state index < -0.39 is 0 Å². The van der Waals surface area contributed by atoms with Crippen molar-refractivity contribution in [1.82, 2.24) is 20.8 Å². The van der Waals surface area contributed by atoms with Crippen molar-refractivity contribution >= 4 is 46.7 Å². The Kier molecular flexibility index (Phi) is 8.81. The number of hydrogen-bond donors (Lipinski definition) is 2. The van der Waals surface area contributed by atoms with E-state index in [-0.39, 0.29) is 30.2 Å². The minimum Gasteiger partial charge on any atom is -0.352 e. The number of amides is 2. The van der Waals surface area contributed by atoms with Crippen molar-refractivity contribution in [3.8, 4) is 0 Å².